The minimum atomic E-state index is -0.113. The lowest BCUT2D eigenvalue weighted by Gasteiger charge is -2.18. The Morgan fingerprint density at radius 2 is 1.77 bits per heavy atom. The van der Waals surface area contributed by atoms with Crippen LogP contribution in [0.5, 0.6) is 0 Å². The average molecular weight is 362 g/mol. The Morgan fingerprint density at radius 3 is 2.35 bits per heavy atom. The number of carbonyl (C=O) groups is 1. The third-order valence-corrected chi connectivity index (χ3v) is 5.00. The number of amides is 1. The zero-order valence-electron chi connectivity index (χ0n) is 15.2. The van der Waals surface area contributed by atoms with Crippen LogP contribution in [0.2, 0.25) is 0 Å². The molecule has 26 heavy (non-hydrogen) atoms. The number of aromatic nitrogens is 1. The predicted octanol–water partition coefficient (Wildman–Crippen LogP) is 5.95. The molecule has 0 aliphatic heterocycles. The fraction of sp³-hybridized carbons (Fsp3) is 0.182. The smallest absolute Gasteiger partial charge is 0.257 e. The summed E-state index contributed by atoms with van der Waals surface area (Å²) in [5, 5.41) is 2.63. The highest BCUT2D eigenvalue weighted by Gasteiger charge is 2.18. The zero-order valence-corrected chi connectivity index (χ0v) is 16.0. The van der Waals surface area contributed by atoms with Gasteiger partial charge in [-0.05, 0) is 42.2 Å². The summed E-state index contributed by atoms with van der Waals surface area (Å²) in [5.41, 5.74) is 4.02. The highest BCUT2D eigenvalue weighted by Crippen LogP contribution is 2.29. The fourth-order valence-electron chi connectivity index (χ4n) is 2.59. The molecule has 1 aromatic heterocycles. The van der Waals surface area contributed by atoms with Crippen LogP contribution in [0.25, 0.3) is 6.08 Å². The summed E-state index contributed by atoms with van der Waals surface area (Å²) in [6.45, 7) is 6.27. The van der Waals surface area contributed by atoms with E-state index in [4.69, 9.17) is 0 Å². The third kappa shape index (κ3) is 4.27. The van der Waals surface area contributed by atoms with Gasteiger partial charge in [0.05, 0.1) is 11.4 Å². The molecule has 3 rings (SSSR count). The van der Waals surface area contributed by atoms with Crippen LogP contribution in [-0.2, 0) is 4.79 Å². The molecular weight excluding hydrogens is 340 g/mol. The molecular formula is C22H22N2OS. The number of carbonyl (C=O) groups excluding carboxylic acids is 1. The molecule has 0 unspecified atom stereocenters. The van der Waals surface area contributed by atoms with E-state index in [2.05, 4.69) is 31.0 Å². The van der Waals surface area contributed by atoms with Crippen molar-refractivity contribution in [3.05, 3.63) is 82.9 Å². The first kappa shape index (κ1) is 18.1. The molecule has 0 radical (unpaired) electrons. The minimum absolute atomic E-state index is 0.113. The molecule has 0 N–H and O–H groups in total. The van der Waals surface area contributed by atoms with Crippen LogP contribution in [0, 0.1) is 6.92 Å². The lowest BCUT2D eigenvalue weighted by atomic mass is 10.0. The number of thiazole rings is 1. The van der Waals surface area contributed by atoms with Gasteiger partial charge >= 0.3 is 0 Å². The van der Waals surface area contributed by atoms with Crippen LogP contribution >= 0.6 is 11.3 Å². The number of hydrogen-bond donors (Lipinski definition) is 0. The number of para-hydroxylation sites is 1. The molecule has 0 saturated carbocycles. The Kier molecular flexibility index (Phi) is 5.64. The molecule has 1 heterocycles. The maximum atomic E-state index is 12.9. The van der Waals surface area contributed by atoms with Crippen molar-refractivity contribution in [1.82, 2.24) is 4.98 Å². The molecule has 0 fully saturated rings. The third-order valence-electron chi connectivity index (χ3n) is 4.05. The van der Waals surface area contributed by atoms with E-state index in [-0.39, 0.29) is 5.91 Å². The van der Waals surface area contributed by atoms with Gasteiger partial charge in [-0.3, -0.25) is 9.69 Å². The first-order valence-electron chi connectivity index (χ1n) is 8.64. The Bertz CT molecular complexity index is 895. The largest absolute Gasteiger partial charge is 0.269 e. The lowest BCUT2D eigenvalue weighted by Crippen LogP contribution is -2.23. The van der Waals surface area contributed by atoms with Gasteiger partial charge in [0.1, 0.15) is 0 Å². The van der Waals surface area contributed by atoms with Gasteiger partial charge < -0.3 is 0 Å². The van der Waals surface area contributed by atoms with Crippen molar-refractivity contribution in [1.29, 1.82) is 0 Å². The van der Waals surface area contributed by atoms with E-state index in [0.29, 0.717) is 11.0 Å². The summed E-state index contributed by atoms with van der Waals surface area (Å²) >= 11 is 1.47. The van der Waals surface area contributed by atoms with E-state index in [1.807, 2.05) is 60.8 Å². The van der Waals surface area contributed by atoms with Crippen molar-refractivity contribution in [2.45, 2.75) is 26.7 Å². The SMILES string of the molecule is Cc1csc(N(C(=O)/C=C/c2ccc(C(C)C)cc2)c2ccccc2)n1. The van der Waals surface area contributed by atoms with Gasteiger partial charge in [0.2, 0.25) is 0 Å². The topological polar surface area (TPSA) is 33.2 Å². The highest BCUT2D eigenvalue weighted by atomic mass is 32.1. The van der Waals surface area contributed by atoms with Gasteiger partial charge in [0.15, 0.2) is 5.13 Å². The number of nitrogens with zero attached hydrogens (tertiary/aromatic N) is 2. The molecule has 0 spiro atoms. The molecule has 0 atom stereocenters. The second-order valence-electron chi connectivity index (χ2n) is 6.44. The molecule has 132 valence electrons. The summed E-state index contributed by atoms with van der Waals surface area (Å²) in [6, 6.07) is 17.9. The quantitative estimate of drug-likeness (QED) is 0.525. The summed E-state index contributed by atoms with van der Waals surface area (Å²) in [4.78, 5) is 19.0. The van der Waals surface area contributed by atoms with Gasteiger partial charge in [-0.2, -0.15) is 0 Å². The molecule has 3 nitrogen and oxygen atoms in total. The predicted molar refractivity (Wildman–Crippen MR) is 110 cm³/mol. The van der Waals surface area contributed by atoms with E-state index >= 15 is 0 Å². The van der Waals surface area contributed by atoms with Crippen LogP contribution in [0.4, 0.5) is 10.8 Å². The van der Waals surface area contributed by atoms with Crippen molar-refractivity contribution in [3.63, 3.8) is 0 Å². The van der Waals surface area contributed by atoms with Crippen molar-refractivity contribution in [2.24, 2.45) is 0 Å². The van der Waals surface area contributed by atoms with E-state index in [0.717, 1.165) is 16.9 Å². The first-order valence-corrected chi connectivity index (χ1v) is 9.52. The molecule has 0 bridgehead atoms. The van der Waals surface area contributed by atoms with Crippen molar-refractivity contribution in [3.8, 4) is 0 Å². The van der Waals surface area contributed by atoms with Gasteiger partial charge in [-0.15, -0.1) is 11.3 Å². The van der Waals surface area contributed by atoms with Crippen molar-refractivity contribution in [2.75, 3.05) is 4.90 Å². The molecule has 0 saturated heterocycles. The zero-order chi connectivity index (χ0) is 18.5. The molecule has 2 aromatic carbocycles. The summed E-state index contributed by atoms with van der Waals surface area (Å²) in [7, 11) is 0. The van der Waals surface area contributed by atoms with Crippen LogP contribution in [0.1, 0.15) is 36.6 Å². The normalized spacial score (nSPS) is 11.2. The second kappa shape index (κ2) is 8.11. The Balaban J connectivity index is 1.86. The Labute approximate surface area is 158 Å². The van der Waals surface area contributed by atoms with Gasteiger partial charge in [0, 0.05) is 11.5 Å². The van der Waals surface area contributed by atoms with Gasteiger partial charge in [-0.25, -0.2) is 4.98 Å². The second-order valence-corrected chi connectivity index (χ2v) is 7.27. The van der Waals surface area contributed by atoms with Crippen LogP contribution in [-0.4, -0.2) is 10.9 Å². The monoisotopic (exact) mass is 362 g/mol. The van der Waals surface area contributed by atoms with E-state index < -0.39 is 0 Å². The lowest BCUT2D eigenvalue weighted by molar-refractivity contribution is -0.113. The molecule has 0 aliphatic rings. The summed E-state index contributed by atoms with van der Waals surface area (Å²) in [6.07, 6.45) is 3.46. The maximum Gasteiger partial charge on any atom is 0.257 e. The van der Waals surface area contributed by atoms with Gasteiger partial charge in [-0.1, -0.05) is 56.3 Å². The van der Waals surface area contributed by atoms with Crippen LogP contribution < -0.4 is 4.90 Å². The van der Waals surface area contributed by atoms with E-state index in [1.54, 1.807) is 11.0 Å². The maximum absolute atomic E-state index is 12.9. The van der Waals surface area contributed by atoms with E-state index in [1.165, 1.54) is 16.9 Å². The first-order chi connectivity index (χ1) is 12.5. The molecule has 1 amide bonds. The Hall–Kier alpha value is -2.72. The summed E-state index contributed by atoms with van der Waals surface area (Å²) in [5.74, 6) is 0.384. The fourth-order valence-corrected chi connectivity index (χ4v) is 3.41. The Morgan fingerprint density at radius 1 is 1.08 bits per heavy atom. The number of hydrogen-bond acceptors (Lipinski definition) is 3. The molecule has 3 aromatic rings. The van der Waals surface area contributed by atoms with Crippen LogP contribution in [0.15, 0.2) is 66.1 Å². The van der Waals surface area contributed by atoms with E-state index in [9.17, 15) is 4.79 Å². The summed E-state index contributed by atoms with van der Waals surface area (Å²) < 4.78 is 0. The van der Waals surface area contributed by atoms with Gasteiger partial charge in [0.25, 0.3) is 5.91 Å². The average Bonchev–Trinajstić information content (AvgIpc) is 3.07. The van der Waals surface area contributed by atoms with Crippen molar-refractivity contribution >= 4 is 34.1 Å². The van der Waals surface area contributed by atoms with Crippen molar-refractivity contribution < 1.29 is 4.79 Å². The molecule has 0 aliphatic carbocycles. The number of benzene rings is 2. The van der Waals surface area contributed by atoms with Crippen LogP contribution in [0.3, 0.4) is 0 Å². The number of anilines is 2. The highest BCUT2D eigenvalue weighted by molar-refractivity contribution is 7.14. The molecule has 4 heteroatoms. The minimum Gasteiger partial charge on any atom is -0.269 e. The standard InChI is InChI=1S/C22H22N2OS/c1-16(2)19-12-9-18(10-13-19)11-14-21(25)24(20-7-5-4-6-8-20)22-23-17(3)15-26-22/h4-16H,1-3H3/b14-11+. The number of rotatable bonds is 5. The number of aryl methyl sites for hydroxylation is 1.